The molecule has 2 aliphatic heterocycles. The van der Waals surface area contributed by atoms with Crippen molar-refractivity contribution in [2.45, 2.75) is 12.6 Å². The molecule has 0 aromatic heterocycles. The fourth-order valence-electron chi connectivity index (χ4n) is 2.80. The van der Waals surface area contributed by atoms with Gasteiger partial charge in [-0.15, -0.1) is 0 Å². The van der Waals surface area contributed by atoms with Gasteiger partial charge in [0, 0.05) is 6.54 Å². The van der Waals surface area contributed by atoms with Gasteiger partial charge in [0.25, 0.3) is 0 Å². The quantitative estimate of drug-likeness (QED) is 0.738. The van der Waals surface area contributed by atoms with E-state index in [0.717, 1.165) is 35.7 Å². The smallest absolute Gasteiger partial charge is 0.228 e. The van der Waals surface area contributed by atoms with Crippen molar-refractivity contribution in [2.75, 3.05) is 17.2 Å². The predicted molar refractivity (Wildman–Crippen MR) is 83.7 cm³/mol. The summed E-state index contributed by atoms with van der Waals surface area (Å²) in [5.74, 6) is 0.979. The number of hydrogen-bond acceptors (Lipinski definition) is 4. The van der Waals surface area contributed by atoms with Crippen LogP contribution in [-0.2, 0) is 6.42 Å². The van der Waals surface area contributed by atoms with E-state index in [1.807, 2.05) is 36.4 Å². The third-order valence-electron chi connectivity index (χ3n) is 3.85. The monoisotopic (exact) mass is 280 g/mol. The Morgan fingerprint density at radius 3 is 2.90 bits per heavy atom. The van der Waals surface area contributed by atoms with E-state index in [1.54, 1.807) is 6.08 Å². The van der Waals surface area contributed by atoms with E-state index in [4.69, 9.17) is 4.74 Å². The number of ether oxygens (including phenoxy) is 1. The molecule has 0 radical (unpaired) electrons. The Bertz CT molecular complexity index is 710. The molecule has 2 heterocycles. The lowest BCUT2D eigenvalue weighted by Crippen LogP contribution is -2.22. The first-order valence-electron chi connectivity index (χ1n) is 7.10. The standard InChI is InChI=1S/C17H16N2O2/c20-14(10-11-4-2-1-3-5-11)17-19-13-7-6-12-8-9-18-15(12)16(13)21-17/h1-7,10,17-20H,8-9H2. The van der Waals surface area contributed by atoms with E-state index in [1.165, 1.54) is 5.56 Å². The highest BCUT2D eigenvalue weighted by atomic mass is 16.5. The maximum atomic E-state index is 10.3. The number of aliphatic hydroxyl groups excluding tert-OH is 1. The average Bonchev–Trinajstić information content (AvgIpc) is 3.14. The molecule has 0 saturated heterocycles. The number of rotatable bonds is 2. The first-order valence-corrected chi connectivity index (χ1v) is 7.10. The summed E-state index contributed by atoms with van der Waals surface area (Å²) in [4.78, 5) is 0. The number of nitrogens with one attached hydrogen (secondary N) is 2. The summed E-state index contributed by atoms with van der Waals surface area (Å²) in [5.41, 5.74) is 4.18. The van der Waals surface area contributed by atoms with Gasteiger partial charge in [-0.2, -0.15) is 0 Å². The Kier molecular flexibility index (Phi) is 2.74. The van der Waals surface area contributed by atoms with Crippen molar-refractivity contribution < 1.29 is 9.84 Å². The normalized spacial score (nSPS) is 19.2. The molecular formula is C17H16N2O2. The van der Waals surface area contributed by atoms with Gasteiger partial charge in [0.15, 0.2) is 11.5 Å². The highest BCUT2D eigenvalue weighted by molar-refractivity contribution is 5.78. The van der Waals surface area contributed by atoms with Crippen LogP contribution in [0, 0.1) is 0 Å². The predicted octanol–water partition coefficient (Wildman–Crippen LogP) is 3.38. The first kappa shape index (κ1) is 12.1. The Morgan fingerprint density at radius 2 is 2.05 bits per heavy atom. The molecule has 0 bridgehead atoms. The molecule has 4 rings (SSSR count). The van der Waals surface area contributed by atoms with E-state index < -0.39 is 6.23 Å². The van der Waals surface area contributed by atoms with Crippen LogP contribution in [0.3, 0.4) is 0 Å². The lowest BCUT2D eigenvalue weighted by Gasteiger charge is -2.11. The van der Waals surface area contributed by atoms with E-state index in [0.29, 0.717) is 0 Å². The summed E-state index contributed by atoms with van der Waals surface area (Å²) in [6.07, 6.45) is 2.20. The number of benzene rings is 2. The van der Waals surface area contributed by atoms with Crippen molar-refractivity contribution >= 4 is 17.5 Å². The number of anilines is 2. The number of aliphatic hydroxyl groups is 1. The summed E-state index contributed by atoms with van der Waals surface area (Å²) < 4.78 is 5.89. The lowest BCUT2D eigenvalue weighted by molar-refractivity contribution is 0.219. The Morgan fingerprint density at radius 1 is 1.19 bits per heavy atom. The van der Waals surface area contributed by atoms with E-state index in [2.05, 4.69) is 16.7 Å². The Labute approximate surface area is 123 Å². The molecule has 4 nitrogen and oxygen atoms in total. The Hall–Kier alpha value is -2.62. The largest absolute Gasteiger partial charge is 0.506 e. The van der Waals surface area contributed by atoms with Gasteiger partial charge in [0.1, 0.15) is 0 Å². The third kappa shape index (κ3) is 2.09. The number of hydrogen-bond donors (Lipinski definition) is 3. The van der Waals surface area contributed by atoms with Crippen LogP contribution in [0.15, 0.2) is 48.2 Å². The second kappa shape index (κ2) is 4.74. The van der Waals surface area contributed by atoms with Gasteiger partial charge in [-0.25, -0.2) is 0 Å². The molecule has 2 aromatic rings. The Balaban J connectivity index is 1.61. The SMILES string of the molecule is OC(=Cc1ccccc1)C1Nc2ccc3c(c2O1)NCC3. The first-order chi connectivity index (χ1) is 10.3. The summed E-state index contributed by atoms with van der Waals surface area (Å²) in [5, 5.41) is 16.8. The highest BCUT2D eigenvalue weighted by Gasteiger charge is 2.30. The molecule has 4 heteroatoms. The van der Waals surface area contributed by atoms with Gasteiger partial charge >= 0.3 is 0 Å². The van der Waals surface area contributed by atoms with Crippen LogP contribution in [-0.4, -0.2) is 17.9 Å². The fourth-order valence-corrected chi connectivity index (χ4v) is 2.80. The zero-order chi connectivity index (χ0) is 14.2. The minimum Gasteiger partial charge on any atom is -0.506 e. The van der Waals surface area contributed by atoms with Crippen molar-refractivity contribution in [3.8, 4) is 5.75 Å². The molecule has 0 saturated carbocycles. The highest BCUT2D eigenvalue weighted by Crippen LogP contribution is 2.44. The maximum absolute atomic E-state index is 10.3. The zero-order valence-electron chi connectivity index (χ0n) is 11.5. The topological polar surface area (TPSA) is 53.5 Å². The van der Waals surface area contributed by atoms with Crippen LogP contribution in [0.4, 0.5) is 11.4 Å². The molecule has 0 amide bonds. The molecule has 1 atom stereocenters. The van der Waals surface area contributed by atoms with Crippen molar-refractivity contribution in [1.82, 2.24) is 0 Å². The van der Waals surface area contributed by atoms with Gasteiger partial charge in [-0.05, 0) is 29.7 Å². The summed E-state index contributed by atoms with van der Waals surface area (Å²) in [6, 6.07) is 13.8. The maximum Gasteiger partial charge on any atom is 0.228 e. The molecule has 106 valence electrons. The van der Waals surface area contributed by atoms with Crippen LogP contribution in [0.2, 0.25) is 0 Å². The molecule has 0 spiro atoms. The van der Waals surface area contributed by atoms with Crippen LogP contribution < -0.4 is 15.4 Å². The fraction of sp³-hybridized carbons (Fsp3) is 0.176. The van der Waals surface area contributed by atoms with Crippen molar-refractivity contribution in [2.24, 2.45) is 0 Å². The van der Waals surface area contributed by atoms with Crippen molar-refractivity contribution in [3.63, 3.8) is 0 Å². The second-order valence-electron chi connectivity index (χ2n) is 5.28. The molecule has 21 heavy (non-hydrogen) atoms. The van der Waals surface area contributed by atoms with Gasteiger partial charge < -0.3 is 20.5 Å². The molecule has 0 aliphatic carbocycles. The second-order valence-corrected chi connectivity index (χ2v) is 5.28. The minimum atomic E-state index is -0.533. The number of fused-ring (bicyclic) bond motifs is 3. The van der Waals surface area contributed by atoms with Gasteiger partial charge in [0.05, 0.1) is 11.4 Å². The van der Waals surface area contributed by atoms with Gasteiger partial charge in [0.2, 0.25) is 6.23 Å². The molecule has 0 fully saturated rings. The molecule has 3 N–H and O–H groups in total. The van der Waals surface area contributed by atoms with E-state index >= 15 is 0 Å². The summed E-state index contributed by atoms with van der Waals surface area (Å²) in [6.45, 7) is 0.936. The average molecular weight is 280 g/mol. The van der Waals surface area contributed by atoms with Gasteiger partial charge in [-0.3, -0.25) is 0 Å². The molecule has 2 aliphatic rings. The van der Waals surface area contributed by atoms with Crippen molar-refractivity contribution in [3.05, 3.63) is 59.4 Å². The van der Waals surface area contributed by atoms with Crippen LogP contribution in [0.5, 0.6) is 5.75 Å². The van der Waals surface area contributed by atoms with Crippen LogP contribution in [0.25, 0.3) is 6.08 Å². The van der Waals surface area contributed by atoms with Crippen LogP contribution in [0.1, 0.15) is 11.1 Å². The summed E-state index contributed by atoms with van der Waals surface area (Å²) >= 11 is 0. The lowest BCUT2D eigenvalue weighted by atomic mass is 10.1. The molecule has 1 unspecified atom stereocenters. The van der Waals surface area contributed by atoms with E-state index in [-0.39, 0.29) is 5.76 Å². The van der Waals surface area contributed by atoms with Crippen LogP contribution >= 0.6 is 0 Å². The molecule has 2 aromatic carbocycles. The zero-order valence-corrected chi connectivity index (χ0v) is 11.5. The van der Waals surface area contributed by atoms with E-state index in [9.17, 15) is 5.11 Å². The minimum absolute atomic E-state index is 0.171. The van der Waals surface area contributed by atoms with Crippen molar-refractivity contribution in [1.29, 1.82) is 0 Å². The third-order valence-corrected chi connectivity index (χ3v) is 3.85. The summed E-state index contributed by atoms with van der Waals surface area (Å²) in [7, 11) is 0. The van der Waals surface area contributed by atoms with Gasteiger partial charge in [-0.1, -0.05) is 36.4 Å². The molecular weight excluding hydrogens is 264 g/mol.